The van der Waals surface area contributed by atoms with E-state index in [4.69, 9.17) is 11.5 Å². The number of aliphatic hydroxyl groups excluding tert-OH is 4. The Morgan fingerprint density at radius 2 is 0.432 bits per heavy atom. The molecule has 16 atom stereocenters. The minimum absolute atomic E-state index is 0.0131. The third-order valence-corrected chi connectivity index (χ3v) is 26.2. The topological polar surface area (TPSA) is 778 Å². The summed E-state index contributed by atoms with van der Waals surface area (Å²) < 4.78 is 0. The number of amides is 20. The molecule has 0 unspecified atom stereocenters. The van der Waals surface area contributed by atoms with Crippen LogP contribution in [0.2, 0.25) is 0 Å². The lowest BCUT2D eigenvalue weighted by Crippen LogP contribution is -2.62. The van der Waals surface area contributed by atoms with Gasteiger partial charge in [0.05, 0.1) is 52.6 Å². The minimum Gasteiger partial charge on any atom is -0.481 e. The SMILES string of the molecule is NCC(=O)N[C@@H](CO)C(=O)N[C@@H](CCC(=O)O)C(=O)N[C@@H](CO)C(=O)NCC(=O)NCC(=O)N[C@@H](CO)C(=O)N[C@@H](CCC(=O)O)C(=O)N[C@@H](CO)C(=O)NCC(=O)N[C@@H](CC1CCCCC1)C(=O)N[C@@H](CS)C(=O)N[C@@H](CS)C(=O)N[C@@H](CC1CCCCC1)C(=O)N[C@@H](CS)C(=O)N[C@@H](CS)C(=O)N[C@@H](CC1CCCCC1)C(=O)N[C@@H](CS)C(=O)N[C@@H](CS)C(=O)N[C@@H](CC1CCCCC1)C(N)=O. The highest BCUT2D eigenvalue weighted by atomic mass is 32.1. The summed E-state index contributed by atoms with van der Waals surface area (Å²) in [6.45, 7) is -7.94. The third-order valence-electron chi connectivity index (χ3n) is 24.0. The summed E-state index contributed by atoms with van der Waals surface area (Å²) in [5.41, 5.74) is 10.9. The van der Waals surface area contributed by atoms with Gasteiger partial charge in [0.1, 0.15) is 96.7 Å². The highest BCUT2D eigenvalue weighted by Gasteiger charge is 2.41. The fraction of sp³-hybridized carbons (Fsp3) is 0.738. The number of carboxylic acids is 2. The second kappa shape index (κ2) is 66.1. The molecule has 20 amide bonds. The smallest absolute Gasteiger partial charge is 0.303 e. The van der Waals surface area contributed by atoms with Crippen LogP contribution < -0.4 is 112 Å². The second-order valence-electron chi connectivity index (χ2n) is 34.6. The van der Waals surface area contributed by atoms with Gasteiger partial charge in [0.25, 0.3) is 0 Å². The first kappa shape index (κ1) is 122. The molecule has 139 heavy (non-hydrogen) atoms. The maximum atomic E-state index is 14.6. The number of aliphatic hydroxyl groups is 4. The Morgan fingerprint density at radius 3 is 0.691 bits per heavy atom. The molecule has 0 radical (unpaired) electrons. The number of carbonyl (C=O) groups is 22. The van der Waals surface area contributed by atoms with Crippen LogP contribution in [-0.2, 0) is 105 Å². The van der Waals surface area contributed by atoms with Crippen LogP contribution in [0.25, 0.3) is 0 Å². The van der Waals surface area contributed by atoms with Crippen LogP contribution in [0.3, 0.4) is 0 Å². The largest absolute Gasteiger partial charge is 0.481 e. The fourth-order valence-corrected chi connectivity index (χ4v) is 17.6. The van der Waals surface area contributed by atoms with Crippen molar-refractivity contribution in [2.45, 2.75) is 276 Å². The molecule has 4 rings (SSSR count). The lowest BCUT2D eigenvalue weighted by atomic mass is 9.84. The van der Waals surface area contributed by atoms with Crippen molar-refractivity contribution in [1.29, 1.82) is 0 Å². The molecule has 0 spiro atoms. The number of nitrogens with one attached hydrogen (secondary N) is 19. The van der Waals surface area contributed by atoms with Gasteiger partial charge in [0, 0.05) is 47.4 Å². The van der Waals surface area contributed by atoms with Gasteiger partial charge in [-0.15, -0.1) is 0 Å². The first-order chi connectivity index (χ1) is 66.2. The Balaban J connectivity index is 1.39. The van der Waals surface area contributed by atoms with Crippen LogP contribution in [-0.4, -0.2) is 345 Å². The van der Waals surface area contributed by atoms with Crippen LogP contribution in [0.5, 0.6) is 0 Å². The van der Waals surface area contributed by atoms with E-state index in [1.54, 1.807) is 0 Å². The van der Waals surface area contributed by atoms with Gasteiger partial charge in [0.15, 0.2) is 0 Å². The Bertz CT molecular complexity index is 4140. The van der Waals surface area contributed by atoms with E-state index in [1.807, 2.05) is 10.6 Å². The Morgan fingerprint density at radius 1 is 0.237 bits per heavy atom. The van der Waals surface area contributed by atoms with Gasteiger partial charge in [-0.2, -0.15) is 75.8 Å². The van der Waals surface area contributed by atoms with Crippen molar-refractivity contribution in [2.24, 2.45) is 35.1 Å². The van der Waals surface area contributed by atoms with Crippen molar-refractivity contribution in [2.75, 3.05) is 87.1 Å². The summed E-state index contributed by atoms with van der Waals surface area (Å²) in [6.07, 6.45) is 14.2. The normalized spacial score (nSPS) is 17.7. The number of primary amides is 1. The maximum Gasteiger partial charge on any atom is 0.303 e. The third kappa shape index (κ3) is 44.9. The number of hydrogen-bond donors (Lipinski definition) is 33. The zero-order chi connectivity index (χ0) is 103. The van der Waals surface area contributed by atoms with Gasteiger partial charge in [0.2, 0.25) is 118 Å². The number of carbonyl (C=O) groups excluding carboxylic acids is 20. The Kier molecular flexibility index (Phi) is 57.8. The van der Waals surface area contributed by atoms with Crippen LogP contribution >= 0.6 is 75.8 Å². The first-order valence-corrected chi connectivity index (χ1v) is 50.2. The molecule has 0 aliphatic heterocycles. The maximum absolute atomic E-state index is 14.6. The molecule has 0 aromatic carbocycles. The van der Waals surface area contributed by atoms with E-state index in [0.717, 1.165) is 103 Å². The molecule has 0 bridgehead atoms. The van der Waals surface area contributed by atoms with Gasteiger partial charge in [-0.05, 0) is 62.2 Å². The van der Waals surface area contributed by atoms with Crippen molar-refractivity contribution in [3.63, 3.8) is 0 Å². The van der Waals surface area contributed by atoms with E-state index < -0.39 is 311 Å². The van der Waals surface area contributed by atoms with E-state index in [2.05, 4.69) is 166 Å². The molecular formula is C84H139N21O28S6. The summed E-state index contributed by atoms with van der Waals surface area (Å²) in [5.74, 6) is -25.1. The Labute approximate surface area is 836 Å². The number of carboxylic acid groups (broad SMARTS) is 2. The number of rotatable bonds is 63. The van der Waals surface area contributed by atoms with Crippen molar-refractivity contribution in [3.05, 3.63) is 0 Å². The van der Waals surface area contributed by atoms with E-state index in [1.165, 1.54) is 0 Å². The molecule has 29 N–H and O–H groups in total. The molecule has 0 heterocycles. The summed E-state index contributed by atoms with van der Waals surface area (Å²) in [6, 6.07) is -24.6. The molecule has 0 aromatic rings. The van der Waals surface area contributed by atoms with Gasteiger partial charge in [-0.25, -0.2) is 0 Å². The van der Waals surface area contributed by atoms with Crippen LogP contribution in [0.4, 0.5) is 0 Å². The molecule has 4 saturated carbocycles. The van der Waals surface area contributed by atoms with Crippen molar-refractivity contribution >= 4 is 206 Å². The van der Waals surface area contributed by atoms with Gasteiger partial charge in [-0.3, -0.25) is 105 Å². The first-order valence-electron chi connectivity index (χ1n) is 46.4. The molecule has 4 fully saturated rings. The van der Waals surface area contributed by atoms with Gasteiger partial charge < -0.3 is 143 Å². The molecule has 0 saturated heterocycles. The monoisotopic (exact) mass is 2080 g/mol. The summed E-state index contributed by atoms with van der Waals surface area (Å²) >= 11 is 26.0. The highest BCUT2D eigenvalue weighted by Crippen LogP contribution is 2.31. The van der Waals surface area contributed by atoms with Crippen LogP contribution in [0.15, 0.2) is 0 Å². The lowest BCUT2D eigenvalue weighted by Gasteiger charge is -2.30. The summed E-state index contributed by atoms with van der Waals surface area (Å²) in [7, 11) is 0. The van der Waals surface area contributed by atoms with E-state index in [9.17, 15) is 136 Å². The molecule has 4 aliphatic carbocycles. The molecule has 784 valence electrons. The molecule has 0 aromatic heterocycles. The molecule has 49 nitrogen and oxygen atoms in total. The van der Waals surface area contributed by atoms with Crippen molar-refractivity contribution in [1.82, 2.24) is 101 Å². The van der Waals surface area contributed by atoms with E-state index in [-0.39, 0.29) is 71.7 Å². The number of nitrogens with two attached hydrogens (primary N) is 2. The average Bonchev–Trinajstić information content (AvgIpc) is 0.861. The zero-order valence-electron chi connectivity index (χ0n) is 77.2. The lowest BCUT2D eigenvalue weighted by molar-refractivity contribution is -0.139. The fourth-order valence-electron chi connectivity index (χ4n) is 16.1. The van der Waals surface area contributed by atoms with E-state index >= 15 is 0 Å². The van der Waals surface area contributed by atoms with Crippen molar-refractivity contribution < 1.29 is 136 Å². The number of thiol groups is 6. The molecule has 55 heteroatoms. The highest BCUT2D eigenvalue weighted by molar-refractivity contribution is 7.81. The van der Waals surface area contributed by atoms with Gasteiger partial charge >= 0.3 is 11.9 Å². The van der Waals surface area contributed by atoms with Crippen LogP contribution in [0.1, 0.15) is 180 Å². The van der Waals surface area contributed by atoms with E-state index in [0.29, 0.717) is 32.1 Å². The molecular weight excluding hydrogens is 1940 g/mol. The second-order valence-corrected chi connectivity index (χ2v) is 36.8. The van der Waals surface area contributed by atoms with Crippen LogP contribution in [0, 0.1) is 23.7 Å². The zero-order valence-corrected chi connectivity index (χ0v) is 82.6. The number of aliphatic carboxylic acids is 2. The summed E-state index contributed by atoms with van der Waals surface area (Å²) in [5, 5.41) is 104. The minimum atomic E-state index is -1.94. The summed E-state index contributed by atoms with van der Waals surface area (Å²) in [4.78, 5) is 294. The quantitative estimate of drug-likeness (QED) is 0.0251. The van der Waals surface area contributed by atoms with Crippen molar-refractivity contribution in [3.8, 4) is 0 Å². The molecule has 4 aliphatic rings. The number of hydrogen-bond acceptors (Lipinski definition) is 33. The predicted molar refractivity (Wildman–Crippen MR) is 518 cm³/mol. The van der Waals surface area contributed by atoms with Gasteiger partial charge in [-0.1, -0.05) is 128 Å². The predicted octanol–water partition coefficient (Wildman–Crippen LogP) is -9.30. The standard InChI is InChI=1S/C84H139N21O28S6/c85-29-63(110)91-55(35-108)77(126)93-47(21-23-67(114)115)72(121)98-53(33-106)70(119)88-30-64(111)87-31-65(112)92-56(36-109)78(127)94-48(22-24-68(116)117)73(122)99-54(34-107)71(120)89-32-66(113)90-50(26-44-15-7-2-8-16-44)74(123)100-60(40-137)82(131)104-58(38-135)80(129)96-52(28-46-19-11-4-12-20-46)76(125)102-62(42-139)84(133)105-59(39-136)81(130)97-51(27-45-17-9-3-10-18-45)75(124)101-61(41-138)83(132)103-57(37-134)79(128)95-49(69(86)118)25-43-13-5-1-6-14-43/h43-62,106-109,134-139H,1-42,85H2,(H2,86,118)(H,87,111)(H,88,119)(H,89,120)(H,90,113)(H,91,110)(H,92,112)(H,93,126)(H,94,127)(H,95,128)(H,96,129)(H,97,130)(H,98,121)(H,99,122)(H,100,123)(H,101,124)(H,102,125)(H,103,132)(H,104,131)(H,105,133)(H,114,115)(H,116,117)/t47-,48-,49-,50-,51-,52-,53-,54-,55-,56-,57-,58-,59-,60-,61-,62-/m0/s1. The average molecular weight is 2080 g/mol. The Hall–Kier alpha value is -9.76.